The molecule has 1 unspecified atom stereocenters. The third-order valence-corrected chi connectivity index (χ3v) is 5.83. The van der Waals surface area contributed by atoms with E-state index in [1.54, 1.807) is 0 Å². The lowest BCUT2D eigenvalue weighted by molar-refractivity contribution is -0.126. The molecule has 1 saturated carbocycles. The van der Waals surface area contributed by atoms with Gasteiger partial charge in [0, 0.05) is 30.3 Å². The van der Waals surface area contributed by atoms with Gasteiger partial charge in [-0.3, -0.25) is 4.79 Å². The quantitative estimate of drug-likeness (QED) is 0.778. The molecule has 1 N–H and O–H groups in total. The lowest BCUT2D eigenvalue weighted by Gasteiger charge is -2.31. The van der Waals surface area contributed by atoms with Crippen LogP contribution in [0, 0.1) is 18.8 Å². The van der Waals surface area contributed by atoms with Crippen molar-refractivity contribution in [3.8, 4) is 0 Å². The number of carbonyl (C=O) groups is 1. The maximum atomic E-state index is 12.3. The minimum Gasteiger partial charge on any atom is -0.356 e. The van der Waals surface area contributed by atoms with Crippen LogP contribution in [0.25, 0.3) is 0 Å². The van der Waals surface area contributed by atoms with Crippen LogP contribution in [0.5, 0.6) is 0 Å². The summed E-state index contributed by atoms with van der Waals surface area (Å²) in [5.41, 5.74) is 1.31. The van der Waals surface area contributed by atoms with Gasteiger partial charge in [-0.25, -0.2) is 0 Å². The molecule has 1 amide bonds. The van der Waals surface area contributed by atoms with Gasteiger partial charge >= 0.3 is 0 Å². The minimum absolute atomic E-state index is 0.201. The molecule has 3 rings (SSSR count). The summed E-state index contributed by atoms with van der Waals surface area (Å²) in [5, 5.41) is 3.15. The summed E-state index contributed by atoms with van der Waals surface area (Å²) in [5.74, 6) is 2.35. The smallest absolute Gasteiger partial charge is 0.224 e. The Kier molecular flexibility index (Phi) is 6.01. The molecule has 2 fully saturated rings. The fourth-order valence-electron chi connectivity index (χ4n) is 3.11. The first kappa shape index (κ1) is 16.8. The molecule has 1 aliphatic carbocycles. The molecule has 23 heavy (non-hydrogen) atoms. The second-order valence-electron chi connectivity index (χ2n) is 6.99. The van der Waals surface area contributed by atoms with Crippen LogP contribution in [0.15, 0.2) is 29.2 Å². The van der Waals surface area contributed by atoms with Gasteiger partial charge in [0.2, 0.25) is 5.91 Å². The molecule has 0 spiro atoms. The number of nitrogens with zero attached hydrogens (tertiary/aromatic N) is 1. The Morgan fingerprint density at radius 3 is 2.78 bits per heavy atom. The van der Waals surface area contributed by atoms with Gasteiger partial charge < -0.3 is 10.2 Å². The largest absolute Gasteiger partial charge is 0.356 e. The van der Waals surface area contributed by atoms with Crippen LogP contribution >= 0.6 is 11.8 Å². The van der Waals surface area contributed by atoms with E-state index in [2.05, 4.69) is 41.4 Å². The number of nitrogens with one attached hydrogen (secondary N) is 1. The van der Waals surface area contributed by atoms with E-state index < -0.39 is 0 Å². The number of hydrogen-bond acceptors (Lipinski definition) is 3. The van der Waals surface area contributed by atoms with Crippen LogP contribution in [0.2, 0.25) is 0 Å². The summed E-state index contributed by atoms with van der Waals surface area (Å²) >= 11 is 1.91. The van der Waals surface area contributed by atoms with Crippen molar-refractivity contribution in [3.05, 3.63) is 29.8 Å². The third kappa shape index (κ3) is 5.54. The van der Waals surface area contributed by atoms with Crippen molar-refractivity contribution in [1.29, 1.82) is 0 Å². The molecular formula is C19H28N2OS. The van der Waals surface area contributed by atoms with Crippen molar-refractivity contribution in [2.24, 2.45) is 11.8 Å². The number of aryl methyl sites for hydroxylation is 1. The molecule has 1 aromatic carbocycles. The summed E-state index contributed by atoms with van der Waals surface area (Å²) in [6.07, 6.45) is 4.80. The predicted octanol–water partition coefficient (Wildman–Crippen LogP) is 3.33. The molecule has 126 valence electrons. The molecule has 3 nitrogen and oxygen atoms in total. The molecule has 0 bridgehead atoms. The molecule has 0 radical (unpaired) electrons. The summed E-state index contributed by atoms with van der Waals surface area (Å²) in [4.78, 5) is 16.1. The maximum Gasteiger partial charge on any atom is 0.224 e. The lowest BCUT2D eigenvalue weighted by Crippen LogP contribution is -2.44. The molecule has 1 aliphatic heterocycles. The Hall–Kier alpha value is -1.00. The van der Waals surface area contributed by atoms with Gasteiger partial charge in [0.05, 0.1) is 5.92 Å². The average Bonchev–Trinajstić information content (AvgIpc) is 3.39. The topological polar surface area (TPSA) is 32.3 Å². The highest BCUT2D eigenvalue weighted by Gasteiger charge is 2.27. The van der Waals surface area contributed by atoms with E-state index in [-0.39, 0.29) is 11.8 Å². The van der Waals surface area contributed by atoms with Gasteiger partial charge in [-0.15, -0.1) is 11.8 Å². The van der Waals surface area contributed by atoms with Gasteiger partial charge in [-0.2, -0.15) is 0 Å². The molecule has 1 heterocycles. The number of carbonyl (C=O) groups excluding carboxylic acids is 1. The highest BCUT2D eigenvalue weighted by molar-refractivity contribution is 7.99. The van der Waals surface area contributed by atoms with E-state index in [4.69, 9.17) is 0 Å². The van der Waals surface area contributed by atoms with Crippen LogP contribution in [-0.2, 0) is 4.79 Å². The van der Waals surface area contributed by atoms with E-state index in [1.807, 2.05) is 11.8 Å². The number of hydrogen-bond donors (Lipinski definition) is 1. The fourth-order valence-corrected chi connectivity index (χ4v) is 4.02. The summed E-state index contributed by atoms with van der Waals surface area (Å²) in [7, 11) is 0. The first-order valence-electron chi connectivity index (χ1n) is 8.90. The van der Waals surface area contributed by atoms with Crippen molar-refractivity contribution in [3.63, 3.8) is 0 Å². The van der Waals surface area contributed by atoms with E-state index in [0.29, 0.717) is 0 Å². The molecule has 2 aliphatic rings. The molecule has 1 aromatic rings. The van der Waals surface area contributed by atoms with Crippen molar-refractivity contribution >= 4 is 17.7 Å². The van der Waals surface area contributed by atoms with Crippen LogP contribution in [0.1, 0.15) is 31.2 Å². The second-order valence-corrected chi connectivity index (χ2v) is 8.16. The number of likely N-dealkylation sites (tertiary alicyclic amines) is 1. The van der Waals surface area contributed by atoms with Crippen molar-refractivity contribution in [2.45, 2.75) is 37.5 Å². The van der Waals surface area contributed by atoms with E-state index in [9.17, 15) is 4.79 Å². The standard InChI is InChI=1S/C19H28N2OS/c1-15-4-8-18(9-5-15)23-12-11-21-10-2-3-17(14-21)19(22)20-13-16-6-7-16/h4-5,8-9,16-17H,2-3,6-7,10-14H2,1H3,(H,20,22). The lowest BCUT2D eigenvalue weighted by atomic mass is 9.97. The molecule has 0 aromatic heterocycles. The van der Waals surface area contributed by atoms with Gasteiger partial charge in [-0.05, 0) is 57.2 Å². The second kappa shape index (κ2) is 8.20. The zero-order chi connectivity index (χ0) is 16.1. The summed E-state index contributed by atoms with van der Waals surface area (Å²) < 4.78 is 0. The Morgan fingerprint density at radius 1 is 1.26 bits per heavy atom. The zero-order valence-corrected chi connectivity index (χ0v) is 14.9. The maximum absolute atomic E-state index is 12.3. The van der Waals surface area contributed by atoms with Gasteiger partial charge in [-0.1, -0.05) is 17.7 Å². The molecular weight excluding hydrogens is 304 g/mol. The van der Waals surface area contributed by atoms with Crippen LogP contribution in [0.4, 0.5) is 0 Å². The molecule has 4 heteroatoms. The van der Waals surface area contributed by atoms with Gasteiger partial charge in [0.15, 0.2) is 0 Å². The molecule has 1 saturated heterocycles. The highest BCUT2D eigenvalue weighted by atomic mass is 32.2. The molecule has 1 atom stereocenters. The summed E-state index contributed by atoms with van der Waals surface area (Å²) in [6, 6.07) is 8.74. The van der Waals surface area contributed by atoms with Crippen LogP contribution in [0.3, 0.4) is 0 Å². The van der Waals surface area contributed by atoms with E-state index >= 15 is 0 Å². The zero-order valence-electron chi connectivity index (χ0n) is 14.1. The Balaban J connectivity index is 1.37. The van der Waals surface area contributed by atoms with Crippen LogP contribution in [-0.4, -0.2) is 42.7 Å². The van der Waals surface area contributed by atoms with Crippen molar-refractivity contribution < 1.29 is 4.79 Å². The third-order valence-electron chi connectivity index (χ3n) is 4.84. The van der Waals surface area contributed by atoms with Crippen molar-refractivity contribution in [2.75, 3.05) is 31.9 Å². The first-order valence-corrected chi connectivity index (χ1v) is 9.89. The Bertz CT molecular complexity index is 513. The predicted molar refractivity (Wildman–Crippen MR) is 96.8 cm³/mol. The van der Waals surface area contributed by atoms with Crippen LogP contribution < -0.4 is 5.32 Å². The first-order chi connectivity index (χ1) is 11.2. The number of rotatable bonds is 7. The number of amides is 1. The monoisotopic (exact) mass is 332 g/mol. The fraction of sp³-hybridized carbons (Fsp3) is 0.632. The number of piperidine rings is 1. The van der Waals surface area contributed by atoms with Gasteiger partial charge in [0.25, 0.3) is 0 Å². The van der Waals surface area contributed by atoms with Gasteiger partial charge in [0.1, 0.15) is 0 Å². The summed E-state index contributed by atoms with van der Waals surface area (Å²) in [6.45, 7) is 6.17. The highest BCUT2D eigenvalue weighted by Crippen LogP contribution is 2.28. The Labute approximate surface area is 144 Å². The SMILES string of the molecule is Cc1ccc(SCCN2CCCC(C(=O)NCC3CC3)C2)cc1. The van der Waals surface area contributed by atoms with E-state index in [0.717, 1.165) is 50.7 Å². The minimum atomic E-state index is 0.201. The normalized spacial score (nSPS) is 22.0. The van der Waals surface area contributed by atoms with Crippen molar-refractivity contribution in [1.82, 2.24) is 10.2 Å². The number of thioether (sulfide) groups is 1. The average molecular weight is 333 g/mol. The van der Waals surface area contributed by atoms with E-state index in [1.165, 1.54) is 23.3 Å². The Morgan fingerprint density at radius 2 is 2.04 bits per heavy atom. The number of benzene rings is 1.